The number of carboxylic acids is 1. The first-order chi connectivity index (χ1) is 14.4. The molecular weight excluding hydrogens is 400 g/mol. The summed E-state index contributed by atoms with van der Waals surface area (Å²) in [5, 5.41) is 11.5. The van der Waals surface area contributed by atoms with E-state index in [2.05, 4.69) is 11.4 Å². The van der Waals surface area contributed by atoms with Crippen molar-refractivity contribution in [3.63, 3.8) is 0 Å². The standard InChI is InChI=1S/C23H36N2O6/c1-16-12-17(8-6-5-7-9-21(27)28)14-19(13-16)30-15-18(10-11-20(24)26)25-22(29)31-23(2,3)4/h12-14,18H,5-11,15H2,1-4H3,(H2,24,26)(H,25,29)(H,27,28)/t18-/m0/s1. The number of hydrogen-bond donors (Lipinski definition) is 3. The summed E-state index contributed by atoms with van der Waals surface area (Å²) in [6.45, 7) is 7.48. The van der Waals surface area contributed by atoms with Gasteiger partial charge in [-0.25, -0.2) is 4.79 Å². The van der Waals surface area contributed by atoms with Crippen LogP contribution in [-0.2, 0) is 20.7 Å². The number of aliphatic carboxylic acids is 1. The van der Waals surface area contributed by atoms with Crippen LogP contribution >= 0.6 is 0 Å². The van der Waals surface area contributed by atoms with Crippen molar-refractivity contribution >= 4 is 18.0 Å². The zero-order chi connectivity index (χ0) is 23.4. The van der Waals surface area contributed by atoms with Gasteiger partial charge in [0.2, 0.25) is 5.91 Å². The molecule has 4 N–H and O–H groups in total. The van der Waals surface area contributed by atoms with Gasteiger partial charge in [-0.3, -0.25) is 9.59 Å². The molecule has 0 aromatic heterocycles. The molecule has 1 atom stereocenters. The lowest BCUT2D eigenvalue weighted by molar-refractivity contribution is -0.137. The summed E-state index contributed by atoms with van der Waals surface area (Å²) in [4.78, 5) is 33.9. The smallest absolute Gasteiger partial charge is 0.407 e. The third kappa shape index (κ3) is 13.2. The minimum Gasteiger partial charge on any atom is -0.491 e. The van der Waals surface area contributed by atoms with Crippen molar-refractivity contribution in [1.29, 1.82) is 0 Å². The van der Waals surface area contributed by atoms with Gasteiger partial charge in [-0.15, -0.1) is 0 Å². The lowest BCUT2D eigenvalue weighted by atomic mass is 10.0. The van der Waals surface area contributed by atoms with Gasteiger partial charge in [-0.2, -0.15) is 0 Å². The van der Waals surface area contributed by atoms with Gasteiger partial charge in [-0.05, 0) is 76.6 Å². The normalized spacial score (nSPS) is 12.1. The molecule has 0 saturated carbocycles. The van der Waals surface area contributed by atoms with E-state index in [-0.39, 0.29) is 19.4 Å². The SMILES string of the molecule is Cc1cc(CCCCCC(=O)O)cc(OC[C@H](CCC(N)=O)NC(=O)OC(C)(C)C)c1. The van der Waals surface area contributed by atoms with Crippen molar-refractivity contribution in [1.82, 2.24) is 5.32 Å². The van der Waals surface area contributed by atoms with Gasteiger partial charge in [0.1, 0.15) is 18.0 Å². The van der Waals surface area contributed by atoms with Crippen LogP contribution in [0.5, 0.6) is 5.75 Å². The highest BCUT2D eigenvalue weighted by Gasteiger charge is 2.20. The van der Waals surface area contributed by atoms with Gasteiger partial charge in [0.15, 0.2) is 0 Å². The molecule has 174 valence electrons. The number of carbonyl (C=O) groups excluding carboxylic acids is 2. The van der Waals surface area contributed by atoms with Gasteiger partial charge < -0.3 is 25.6 Å². The number of unbranched alkanes of at least 4 members (excludes halogenated alkanes) is 2. The number of nitrogens with two attached hydrogens (primary N) is 1. The van der Waals surface area contributed by atoms with E-state index in [0.717, 1.165) is 30.4 Å². The van der Waals surface area contributed by atoms with Crippen LogP contribution in [0.1, 0.15) is 70.4 Å². The molecule has 1 rings (SSSR count). The Hall–Kier alpha value is -2.77. The number of alkyl carbamates (subject to hydrolysis) is 1. The van der Waals surface area contributed by atoms with Gasteiger partial charge in [0.05, 0.1) is 6.04 Å². The quantitative estimate of drug-likeness (QED) is 0.404. The van der Waals surface area contributed by atoms with Crippen molar-refractivity contribution in [2.45, 2.75) is 84.3 Å². The Balaban J connectivity index is 2.66. The van der Waals surface area contributed by atoms with Crippen molar-refractivity contribution in [3.05, 3.63) is 29.3 Å². The predicted octanol–water partition coefficient (Wildman–Crippen LogP) is 3.72. The number of carbonyl (C=O) groups is 3. The second-order valence-corrected chi connectivity index (χ2v) is 8.77. The maximum absolute atomic E-state index is 12.1. The molecule has 0 spiro atoms. The number of ether oxygens (including phenoxy) is 2. The zero-order valence-corrected chi connectivity index (χ0v) is 19.0. The zero-order valence-electron chi connectivity index (χ0n) is 19.0. The Labute approximate surface area is 184 Å². The number of rotatable bonds is 13. The molecule has 0 unspecified atom stereocenters. The minimum atomic E-state index is -0.767. The van der Waals surface area contributed by atoms with Crippen LogP contribution in [0, 0.1) is 6.92 Å². The van der Waals surface area contributed by atoms with Crippen molar-refractivity contribution in [2.75, 3.05) is 6.61 Å². The molecule has 0 bridgehead atoms. The van der Waals surface area contributed by atoms with Crippen LogP contribution < -0.4 is 15.8 Å². The highest BCUT2D eigenvalue weighted by Crippen LogP contribution is 2.20. The summed E-state index contributed by atoms with van der Waals surface area (Å²) in [6, 6.07) is 5.51. The van der Waals surface area contributed by atoms with Gasteiger partial charge in [-0.1, -0.05) is 12.5 Å². The van der Waals surface area contributed by atoms with E-state index in [1.807, 2.05) is 19.1 Å². The van der Waals surface area contributed by atoms with Crippen molar-refractivity contribution in [2.24, 2.45) is 5.73 Å². The Morgan fingerprint density at radius 3 is 2.42 bits per heavy atom. The number of carboxylic acid groups (broad SMARTS) is 1. The average molecular weight is 437 g/mol. The molecule has 0 aliphatic rings. The summed E-state index contributed by atoms with van der Waals surface area (Å²) in [5.41, 5.74) is 6.78. The molecule has 0 aliphatic carbocycles. The van der Waals surface area contributed by atoms with E-state index < -0.39 is 29.6 Å². The van der Waals surface area contributed by atoms with Crippen LogP contribution in [-0.4, -0.2) is 41.3 Å². The van der Waals surface area contributed by atoms with Gasteiger partial charge in [0, 0.05) is 12.8 Å². The van der Waals surface area contributed by atoms with E-state index in [1.165, 1.54) is 0 Å². The molecule has 8 heteroatoms. The molecule has 2 amide bonds. The molecule has 0 fully saturated rings. The summed E-state index contributed by atoms with van der Waals surface area (Å²) in [6.07, 6.45) is 3.34. The van der Waals surface area contributed by atoms with Crippen LogP contribution in [0.3, 0.4) is 0 Å². The van der Waals surface area contributed by atoms with Crippen LogP contribution in [0.4, 0.5) is 4.79 Å². The molecule has 0 saturated heterocycles. The van der Waals surface area contributed by atoms with Crippen molar-refractivity contribution in [3.8, 4) is 5.75 Å². The van der Waals surface area contributed by atoms with E-state index in [4.69, 9.17) is 20.3 Å². The Bertz CT molecular complexity index is 742. The molecule has 0 radical (unpaired) electrons. The highest BCUT2D eigenvalue weighted by molar-refractivity contribution is 5.74. The second-order valence-electron chi connectivity index (χ2n) is 8.77. The van der Waals surface area contributed by atoms with E-state index >= 15 is 0 Å². The molecule has 31 heavy (non-hydrogen) atoms. The lowest BCUT2D eigenvalue weighted by Gasteiger charge is -2.24. The molecule has 1 aromatic rings. The first kappa shape index (κ1) is 26.3. The number of aryl methyl sites for hydroxylation is 2. The monoisotopic (exact) mass is 436 g/mol. The minimum absolute atomic E-state index is 0.124. The number of nitrogens with one attached hydrogen (secondary N) is 1. The lowest BCUT2D eigenvalue weighted by Crippen LogP contribution is -2.42. The van der Waals surface area contributed by atoms with Crippen LogP contribution in [0.2, 0.25) is 0 Å². The Morgan fingerprint density at radius 2 is 1.81 bits per heavy atom. The van der Waals surface area contributed by atoms with Gasteiger partial charge >= 0.3 is 12.1 Å². The third-order valence-electron chi connectivity index (χ3n) is 4.38. The molecule has 0 aliphatic heterocycles. The largest absolute Gasteiger partial charge is 0.491 e. The summed E-state index contributed by atoms with van der Waals surface area (Å²) in [7, 11) is 0. The number of primary amides is 1. The number of hydrogen-bond acceptors (Lipinski definition) is 5. The van der Waals surface area contributed by atoms with Crippen LogP contribution in [0.15, 0.2) is 18.2 Å². The molecule has 8 nitrogen and oxygen atoms in total. The highest BCUT2D eigenvalue weighted by atomic mass is 16.6. The molecule has 1 aromatic carbocycles. The summed E-state index contributed by atoms with van der Waals surface area (Å²) in [5.74, 6) is -0.538. The Kier molecular flexibility index (Phi) is 10.9. The van der Waals surface area contributed by atoms with Crippen molar-refractivity contribution < 1.29 is 29.0 Å². The van der Waals surface area contributed by atoms with Crippen LogP contribution in [0.25, 0.3) is 0 Å². The summed E-state index contributed by atoms with van der Waals surface area (Å²) < 4.78 is 11.2. The number of amides is 2. The first-order valence-corrected chi connectivity index (χ1v) is 10.7. The summed E-state index contributed by atoms with van der Waals surface area (Å²) >= 11 is 0. The maximum Gasteiger partial charge on any atom is 0.407 e. The molecule has 0 heterocycles. The maximum atomic E-state index is 12.1. The van der Waals surface area contributed by atoms with E-state index in [0.29, 0.717) is 18.6 Å². The molecular formula is C23H36N2O6. The fourth-order valence-electron chi connectivity index (χ4n) is 3.02. The number of benzene rings is 1. The van der Waals surface area contributed by atoms with Gasteiger partial charge in [0.25, 0.3) is 0 Å². The fraction of sp³-hybridized carbons (Fsp3) is 0.609. The average Bonchev–Trinajstić information content (AvgIpc) is 2.61. The second kappa shape index (κ2) is 12.8. The Morgan fingerprint density at radius 1 is 1.10 bits per heavy atom. The predicted molar refractivity (Wildman–Crippen MR) is 118 cm³/mol. The van der Waals surface area contributed by atoms with E-state index in [9.17, 15) is 14.4 Å². The first-order valence-electron chi connectivity index (χ1n) is 10.7. The fourth-order valence-corrected chi connectivity index (χ4v) is 3.02. The third-order valence-corrected chi connectivity index (χ3v) is 4.38. The van der Waals surface area contributed by atoms with E-state index in [1.54, 1.807) is 20.8 Å². The topological polar surface area (TPSA) is 128 Å².